The molecule has 0 saturated carbocycles. The second-order valence-electron chi connectivity index (χ2n) is 4.96. The van der Waals surface area contributed by atoms with E-state index < -0.39 is 5.82 Å². The zero-order valence-electron chi connectivity index (χ0n) is 12.2. The summed E-state index contributed by atoms with van der Waals surface area (Å²) in [4.78, 5) is 15.4. The van der Waals surface area contributed by atoms with Gasteiger partial charge in [0.2, 0.25) is 0 Å². The van der Waals surface area contributed by atoms with E-state index in [-0.39, 0.29) is 0 Å². The lowest BCUT2D eigenvalue weighted by Crippen LogP contribution is -2.01. The van der Waals surface area contributed by atoms with Crippen LogP contribution in [0.4, 0.5) is 21.6 Å². The Bertz CT molecular complexity index is 864. The predicted octanol–water partition coefficient (Wildman–Crippen LogP) is 4.03. The molecule has 3 N–H and O–H groups in total. The van der Waals surface area contributed by atoms with Gasteiger partial charge in [-0.2, -0.15) is 0 Å². The number of carbonyl (C=O) groups excluding carboxylic acids is 1. The van der Waals surface area contributed by atoms with Crippen molar-refractivity contribution in [2.75, 3.05) is 11.1 Å². The number of nitrogens with two attached hydrogens (primary N) is 1. The molecule has 0 amide bonds. The maximum absolute atomic E-state index is 13.7. The lowest BCUT2D eigenvalue weighted by molar-refractivity contribution is 0.112. The summed E-state index contributed by atoms with van der Waals surface area (Å²) >= 11 is 0. The second-order valence-corrected chi connectivity index (χ2v) is 4.96. The van der Waals surface area contributed by atoms with E-state index in [0.717, 1.165) is 6.29 Å². The van der Waals surface area contributed by atoms with Gasteiger partial charge in [-0.1, -0.05) is 24.3 Å². The zero-order chi connectivity index (χ0) is 16.2. The van der Waals surface area contributed by atoms with Crippen molar-refractivity contribution in [3.05, 3.63) is 72.2 Å². The van der Waals surface area contributed by atoms with Gasteiger partial charge in [-0.25, -0.2) is 9.37 Å². The van der Waals surface area contributed by atoms with Gasteiger partial charge >= 0.3 is 0 Å². The number of nitrogens with zero attached hydrogens (tertiary/aromatic N) is 1. The van der Waals surface area contributed by atoms with Crippen LogP contribution in [0.1, 0.15) is 10.4 Å². The first-order valence-electron chi connectivity index (χ1n) is 7.00. The predicted molar refractivity (Wildman–Crippen MR) is 89.2 cm³/mol. The fraction of sp³-hybridized carbons (Fsp3) is 0. The van der Waals surface area contributed by atoms with Gasteiger partial charge in [0.05, 0.1) is 11.4 Å². The molecule has 0 aliphatic heterocycles. The molecule has 0 aliphatic rings. The quantitative estimate of drug-likeness (QED) is 0.714. The Kier molecular flexibility index (Phi) is 4.01. The highest BCUT2D eigenvalue weighted by atomic mass is 19.1. The molecule has 0 spiro atoms. The molecular weight excluding hydrogens is 293 g/mol. The van der Waals surface area contributed by atoms with Crippen LogP contribution in [-0.2, 0) is 0 Å². The number of nitrogens with one attached hydrogen (secondary N) is 1. The summed E-state index contributed by atoms with van der Waals surface area (Å²) in [7, 11) is 0. The lowest BCUT2D eigenvalue weighted by Gasteiger charge is -2.14. The Hall–Kier alpha value is -3.21. The van der Waals surface area contributed by atoms with Crippen molar-refractivity contribution < 1.29 is 9.18 Å². The van der Waals surface area contributed by atoms with Crippen LogP contribution in [0.2, 0.25) is 0 Å². The van der Waals surface area contributed by atoms with Gasteiger partial charge in [-0.3, -0.25) is 4.79 Å². The molecule has 0 bridgehead atoms. The molecule has 0 saturated heterocycles. The summed E-state index contributed by atoms with van der Waals surface area (Å²) in [5.41, 5.74) is 8.74. The van der Waals surface area contributed by atoms with Crippen LogP contribution < -0.4 is 11.1 Å². The Labute approximate surface area is 132 Å². The molecule has 23 heavy (non-hydrogen) atoms. The number of halogens is 1. The Morgan fingerprint density at radius 2 is 1.87 bits per heavy atom. The van der Waals surface area contributed by atoms with Crippen LogP contribution in [-0.4, -0.2) is 11.3 Å². The number of anilines is 3. The maximum Gasteiger partial charge on any atom is 0.153 e. The molecule has 0 radical (unpaired) electrons. The first-order valence-corrected chi connectivity index (χ1v) is 7.00. The molecule has 0 aliphatic carbocycles. The van der Waals surface area contributed by atoms with Gasteiger partial charge in [0.25, 0.3) is 0 Å². The number of carbonyl (C=O) groups is 1. The number of aldehydes is 1. The van der Waals surface area contributed by atoms with Gasteiger partial charge < -0.3 is 11.1 Å². The first-order chi connectivity index (χ1) is 11.2. The molecule has 0 fully saturated rings. The van der Waals surface area contributed by atoms with Crippen LogP contribution in [0.15, 0.2) is 60.8 Å². The number of rotatable bonds is 4. The molecule has 114 valence electrons. The minimum absolute atomic E-state index is 0.394. The van der Waals surface area contributed by atoms with Crippen molar-refractivity contribution in [3.8, 4) is 11.1 Å². The van der Waals surface area contributed by atoms with Crippen LogP contribution in [0.5, 0.6) is 0 Å². The highest BCUT2D eigenvalue weighted by Crippen LogP contribution is 2.33. The first kappa shape index (κ1) is 14.7. The Balaban J connectivity index is 2.12. The summed E-state index contributed by atoms with van der Waals surface area (Å²) in [6.07, 6.45) is 2.37. The average molecular weight is 307 g/mol. The van der Waals surface area contributed by atoms with Crippen LogP contribution in [0.25, 0.3) is 11.1 Å². The zero-order valence-corrected chi connectivity index (χ0v) is 12.2. The minimum Gasteiger partial charge on any atom is -0.396 e. The van der Waals surface area contributed by atoms with Crippen molar-refractivity contribution in [2.45, 2.75) is 0 Å². The molecule has 5 heteroatoms. The molecule has 0 unspecified atom stereocenters. The molecule has 3 aromatic rings. The van der Waals surface area contributed by atoms with Gasteiger partial charge in [-0.05, 0) is 35.9 Å². The van der Waals surface area contributed by atoms with E-state index in [2.05, 4.69) is 10.3 Å². The molecule has 0 atom stereocenters. The van der Waals surface area contributed by atoms with Gasteiger partial charge in [0.1, 0.15) is 5.82 Å². The summed E-state index contributed by atoms with van der Waals surface area (Å²) in [6, 6.07) is 14.9. The Morgan fingerprint density at radius 1 is 1.04 bits per heavy atom. The third-order valence-corrected chi connectivity index (χ3v) is 3.45. The molecule has 3 rings (SSSR count). The largest absolute Gasteiger partial charge is 0.396 e. The van der Waals surface area contributed by atoms with E-state index in [1.165, 1.54) is 12.1 Å². The van der Waals surface area contributed by atoms with E-state index in [0.29, 0.717) is 33.9 Å². The van der Waals surface area contributed by atoms with Gasteiger partial charge in [-0.15, -0.1) is 0 Å². The van der Waals surface area contributed by atoms with E-state index in [9.17, 15) is 9.18 Å². The summed E-state index contributed by atoms with van der Waals surface area (Å²) < 4.78 is 13.7. The molecule has 4 nitrogen and oxygen atoms in total. The fourth-order valence-corrected chi connectivity index (χ4v) is 2.35. The van der Waals surface area contributed by atoms with Crippen molar-refractivity contribution in [1.29, 1.82) is 0 Å². The SMILES string of the molecule is Nc1cccnc1Nc1cc(F)ccc1-c1ccccc1C=O. The number of benzene rings is 2. The topological polar surface area (TPSA) is 68.0 Å². The maximum atomic E-state index is 13.7. The normalized spacial score (nSPS) is 10.3. The number of hydrogen-bond donors (Lipinski definition) is 2. The number of aromatic nitrogens is 1. The standard InChI is InChI=1S/C18H14FN3O/c19-13-7-8-15(14-5-2-1-4-12(14)11-23)17(10-13)22-18-16(20)6-3-9-21-18/h1-11H,20H2,(H,21,22). The molecular formula is C18H14FN3O. The third-order valence-electron chi connectivity index (χ3n) is 3.45. The fourth-order valence-electron chi connectivity index (χ4n) is 2.35. The van der Waals surface area contributed by atoms with E-state index >= 15 is 0 Å². The summed E-state index contributed by atoms with van der Waals surface area (Å²) in [5, 5.41) is 3.04. The van der Waals surface area contributed by atoms with E-state index in [1.54, 1.807) is 36.5 Å². The highest BCUT2D eigenvalue weighted by molar-refractivity contribution is 5.92. The monoisotopic (exact) mass is 307 g/mol. The number of hydrogen-bond acceptors (Lipinski definition) is 4. The van der Waals surface area contributed by atoms with Gasteiger partial charge in [0, 0.05) is 17.3 Å². The summed E-state index contributed by atoms with van der Waals surface area (Å²) in [6.45, 7) is 0. The molecule has 2 aromatic carbocycles. The number of pyridine rings is 1. The van der Waals surface area contributed by atoms with Crippen molar-refractivity contribution in [1.82, 2.24) is 4.98 Å². The summed E-state index contributed by atoms with van der Waals surface area (Å²) in [5.74, 6) is 0.0391. The van der Waals surface area contributed by atoms with Crippen LogP contribution in [0.3, 0.4) is 0 Å². The molecule has 1 heterocycles. The lowest BCUT2D eigenvalue weighted by atomic mass is 9.98. The smallest absolute Gasteiger partial charge is 0.153 e. The Morgan fingerprint density at radius 3 is 2.65 bits per heavy atom. The van der Waals surface area contributed by atoms with Crippen molar-refractivity contribution in [2.24, 2.45) is 0 Å². The number of nitrogen functional groups attached to an aromatic ring is 1. The average Bonchev–Trinajstić information content (AvgIpc) is 2.57. The van der Waals surface area contributed by atoms with Crippen molar-refractivity contribution in [3.63, 3.8) is 0 Å². The van der Waals surface area contributed by atoms with E-state index in [4.69, 9.17) is 5.73 Å². The van der Waals surface area contributed by atoms with Crippen LogP contribution >= 0.6 is 0 Å². The third kappa shape index (κ3) is 3.03. The van der Waals surface area contributed by atoms with E-state index in [1.807, 2.05) is 12.1 Å². The van der Waals surface area contributed by atoms with Crippen LogP contribution in [0, 0.1) is 5.82 Å². The van der Waals surface area contributed by atoms with Gasteiger partial charge in [0.15, 0.2) is 12.1 Å². The molecule has 1 aromatic heterocycles. The minimum atomic E-state index is -0.394. The highest BCUT2D eigenvalue weighted by Gasteiger charge is 2.12. The second kappa shape index (κ2) is 6.27. The van der Waals surface area contributed by atoms with Crippen molar-refractivity contribution >= 4 is 23.5 Å².